The third-order valence-corrected chi connectivity index (χ3v) is 5.88. The second kappa shape index (κ2) is 6.92. The van der Waals surface area contributed by atoms with Crippen molar-refractivity contribution in [1.29, 1.82) is 0 Å². The van der Waals surface area contributed by atoms with Crippen LogP contribution in [0.2, 0.25) is 0 Å². The first-order valence-electron chi connectivity index (χ1n) is 7.79. The monoisotopic (exact) mass is 314 g/mol. The van der Waals surface area contributed by atoms with E-state index in [1.807, 2.05) is 20.8 Å². The summed E-state index contributed by atoms with van der Waals surface area (Å²) in [6.07, 6.45) is 6.27. The second-order valence-electron chi connectivity index (χ2n) is 6.28. The molecule has 1 aromatic rings. The van der Waals surface area contributed by atoms with E-state index in [2.05, 4.69) is 9.88 Å². The highest BCUT2D eigenvalue weighted by atomic mass is 32.2. The summed E-state index contributed by atoms with van der Waals surface area (Å²) in [5.41, 5.74) is 1.84. The number of hydrogen-bond acceptors (Lipinski definition) is 4. The van der Waals surface area contributed by atoms with E-state index in [-0.39, 0.29) is 11.8 Å². The van der Waals surface area contributed by atoms with Gasteiger partial charge in [-0.05, 0) is 39.5 Å². The zero-order chi connectivity index (χ0) is 15.5. The van der Waals surface area contributed by atoms with E-state index in [0.29, 0.717) is 12.3 Å². The molecular formula is C15H26N2O3S. The minimum Gasteiger partial charge on any atom is -0.361 e. The minimum atomic E-state index is -3.20. The summed E-state index contributed by atoms with van der Waals surface area (Å²) in [5.74, 6) is 1.60. The lowest BCUT2D eigenvalue weighted by Crippen LogP contribution is -2.36. The molecule has 6 heteroatoms. The Bertz CT molecular complexity index is 540. The number of sulfonamides is 1. The Morgan fingerprint density at radius 1 is 1.33 bits per heavy atom. The molecule has 0 radical (unpaired) electrons. The molecule has 1 saturated carbocycles. The maximum atomic E-state index is 12.1. The van der Waals surface area contributed by atoms with Gasteiger partial charge in [0.2, 0.25) is 10.0 Å². The first-order chi connectivity index (χ1) is 9.87. The Balaban J connectivity index is 1.84. The van der Waals surface area contributed by atoms with Gasteiger partial charge in [-0.3, -0.25) is 0 Å². The van der Waals surface area contributed by atoms with Gasteiger partial charge in [-0.15, -0.1) is 0 Å². The number of aryl methyl sites for hydroxylation is 2. The van der Waals surface area contributed by atoms with Crippen molar-refractivity contribution in [1.82, 2.24) is 9.88 Å². The summed E-state index contributed by atoms with van der Waals surface area (Å²) in [4.78, 5) is 0. The van der Waals surface area contributed by atoms with Crippen LogP contribution in [0.1, 0.15) is 56.0 Å². The van der Waals surface area contributed by atoms with E-state index in [4.69, 9.17) is 4.52 Å². The lowest BCUT2D eigenvalue weighted by Gasteiger charge is -2.15. The van der Waals surface area contributed by atoms with Crippen LogP contribution in [0.15, 0.2) is 4.52 Å². The van der Waals surface area contributed by atoms with Gasteiger partial charge in [-0.2, -0.15) is 0 Å². The first-order valence-corrected chi connectivity index (χ1v) is 9.44. The van der Waals surface area contributed by atoms with E-state index < -0.39 is 10.0 Å². The van der Waals surface area contributed by atoms with Gasteiger partial charge in [0.1, 0.15) is 5.76 Å². The summed E-state index contributed by atoms with van der Waals surface area (Å²) in [6.45, 7) is 5.63. The Hall–Kier alpha value is -0.880. The van der Waals surface area contributed by atoms with Gasteiger partial charge in [0.05, 0.1) is 11.4 Å². The second-order valence-corrected chi connectivity index (χ2v) is 8.16. The molecule has 0 amide bonds. The number of nitrogens with one attached hydrogen (secondary N) is 1. The largest absolute Gasteiger partial charge is 0.361 e. The molecule has 0 aliphatic heterocycles. The van der Waals surface area contributed by atoms with Gasteiger partial charge < -0.3 is 4.52 Å². The molecule has 1 heterocycles. The Morgan fingerprint density at radius 3 is 2.57 bits per heavy atom. The molecule has 1 aliphatic rings. The Kier molecular flexibility index (Phi) is 5.43. The molecule has 1 atom stereocenters. The van der Waals surface area contributed by atoms with Crippen molar-refractivity contribution in [2.24, 2.45) is 5.92 Å². The van der Waals surface area contributed by atoms with E-state index >= 15 is 0 Å². The van der Waals surface area contributed by atoms with Crippen LogP contribution in [-0.2, 0) is 16.4 Å². The first kappa shape index (κ1) is 16.5. The van der Waals surface area contributed by atoms with Crippen molar-refractivity contribution in [3.8, 4) is 0 Å². The quantitative estimate of drug-likeness (QED) is 0.840. The normalized spacial score (nSPS) is 18.2. The predicted molar refractivity (Wildman–Crippen MR) is 82.6 cm³/mol. The predicted octanol–water partition coefficient (Wildman–Crippen LogP) is 2.72. The molecule has 2 rings (SSSR count). The maximum Gasteiger partial charge on any atom is 0.211 e. The van der Waals surface area contributed by atoms with Crippen molar-refractivity contribution < 1.29 is 12.9 Å². The fourth-order valence-electron chi connectivity index (χ4n) is 3.13. The fraction of sp³-hybridized carbons (Fsp3) is 0.800. The lowest BCUT2D eigenvalue weighted by atomic mass is 10.1. The van der Waals surface area contributed by atoms with Crippen molar-refractivity contribution in [3.05, 3.63) is 17.0 Å². The van der Waals surface area contributed by atoms with Gasteiger partial charge in [0.25, 0.3) is 0 Å². The van der Waals surface area contributed by atoms with E-state index in [1.54, 1.807) is 0 Å². The zero-order valence-corrected chi connectivity index (χ0v) is 14.0. The number of aromatic nitrogens is 1. The molecule has 0 bridgehead atoms. The fourth-order valence-corrected chi connectivity index (χ4v) is 4.59. The summed E-state index contributed by atoms with van der Waals surface area (Å²) in [7, 11) is -3.20. The Morgan fingerprint density at radius 2 is 2.00 bits per heavy atom. The van der Waals surface area contributed by atoms with Gasteiger partial charge in [0.15, 0.2) is 0 Å². The molecule has 21 heavy (non-hydrogen) atoms. The highest BCUT2D eigenvalue weighted by Gasteiger charge is 2.21. The van der Waals surface area contributed by atoms with Gasteiger partial charge in [0, 0.05) is 11.6 Å². The maximum absolute atomic E-state index is 12.1. The molecule has 1 fully saturated rings. The van der Waals surface area contributed by atoms with Crippen molar-refractivity contribution in [3.63, 3.8) is 0 Å². The van der Waals surface area contributed by atoms with Crippen LogP contribution in [0.25, 0.3) is 0 Å². The van der Waals surface area contributed by atoms with Crippen LogP contribution >= 0.6 is 0 Å². The standard InChI is InChI=1S/C15H26N2O3S/c1-11(10-15-12(2)16-20-13(15)3)17-21(18,19)9-8-14-6-4-5-7-14/h11,14,17H,4-10H2,1-3H3. The summed E-state index contributed by atoms with van der Waals surface area (Å²) in [6, 6.07) is -0.143. The summed E-state index contributed by atoms with van der Waals surface area (Å²) < 4.78 is 32.2. The molecule has 1 aliphatic carbocycles. The van der Waals surface area contributed by atoms with Gasteiger partial charge in [-0.1, -0.05) is 30.8 Å². The topological polar surface area (TPSA) is 72.2 Å². The summed E-state index contributed by atoms with van der Waals surface area (Å²) in [5, 5.41) is 3.90. The van der Waals surface area contributed by atoms with Crippen LogP contribution < -0.4 is 4.72 Å². The smallest absolute Gasteiger partial charge is 0.211 e. The molecule has 0 saturated heterocycles. The summed E-state index contributed by atoms with van der Waals surface area (Å²) >= 11 is 0. The van der Waals surface area contributed by atoms with Crippen molar-refractivity contribution in [2.45, 2.75) is 65.3 Å². The number of hydrogen-bond donors (Lipinski definition) is 1. The third kappa shape index (κ3) is 4.81. The molecule has 1 unspecified atom stereocenters. The van der Waals surface area contributed by atoms with Crippen molar-refractivity contribution >= 4 is 10.0 Å². The molecule has 1 N–H and O–H groups in total. The van der Waals surface area contributed by atoms with Crippen LogP contribution in [0.5, 0.6) is 0 Å². The molecule has 1 aromatic heterocycles. The van der Waals surface area contributed by atoms with Gasteiger partial charge >= 0.3 is 0 Å². The van der Waals surface area contributed by atoms with Crippen LogP contribution in [0, 0.1) is 19.8 Å². The highest BCUT2D eigenvalue weighted by Crippen LogP contribution is 2.27. The minimum absolute atomic E-state index is 0.143. The number of nitrogens with zero attached hydrogens (tertiary/aromatic N) is 1. The van der Waals surface area contributed by atoms with Crippen LogP contribution in [0.3, 0.4) is 0 Å². The molecule has 5 nitrogen and oxygen atoms in total. The molecular weight excluding hydrogens is 288 g/mol. The SMILES string of the molecule is Cc1noc(C)c1CC(C)NS(=O)(=O)CCC1CCCC1. The number of rotatable bonds is 7. The van der Waals surface area contributed by atoms with Crippen LogP contribution in [-0.4, -0.2) is 25.4 Å². The van der Waals surface area contributed by atoms with Crippen molar-refractivity contribution in [2.75, 3.05) is 5.75 Å². The lowest BCUT2D eigenvalue weighted by molar-refractivity contribution is 0.392. The molecule has 0 aromatic carbocycles. The van der Waals surface area contributed by atoms with Gasteiger partial charge in [-0.25, -0.2) is 13.1 Å². The van der Waals surface area contributed by atoms with Crippen LogP contribution in [0.4, 0.5) is 0 Å². The molecule has 0 spiro atoms. The molecule has 120 valence electrons. The Labute approximate surface area is 127 Å². The third-order valence-electron chi connectivity index (χ3n) is 4.34. The zero-order valence-electron chi connectivity index (χ0n) is 13.2. The van der Waals surface area contributed by atoms with E-state index in [9.17, 15) is 8.42 Å². The average Bonchev–Trinajstić information content (AvgIpc) is 3.01. The van der Waals surface area contributed by atoms with E-state index in [1.165, 1.54) is 25.7 Å². The highest BCUT2D eigenvalue weighted by molar-refractivity contribution is 7.89. The average molecular weight is 314 g/mol. The van der Waals surface area contributed by atoms with E-state index in [0.717, 1.165) is 23.4 Å².